The van der Waals surface area contributed by atoms with Crippen LogP contribution in [0.2, 0.25) is 0 Å². The number of hydrogen-bond donors (Lipinski definition) is 1. The summed E-state index contributed by atoms with van der Waals surface area (Å²) in [6, 6.07) is 1.82. The minimum Gasteiger partial charge on any atom is -0.469 e. The number of pyridine rings is 1. The van der Waals surface area contributed by atoms with Gasteiger partial charge in [-0.3, -0.25) is 9.78 Å². The summed E-state index contributed by atoms with van der Waals surface area (Å²) in [7, 11) is -2.11. The van der Waals surface area contributed by atoms with E-state index in [1.54, 1.807) is 12.4 Å². The molecule has 1 heterocycles. The number of nitrogens with one attached hydrogen (secondary N) is 1. The molecule has 106 valence electrons. The Morgan fingerprint density at radius 3 is 2.84 bits per heavy atom. The molecular formula is C12H18N2O4S. The van der Waals surface area contributed by atoms with Crippen LogP contribution in [0.25, 0.3) is 0 Å². The lowest BCUT2D eigenvalue weighted by Crippen LogP contribution is -2.26. The lowest BCUT2D eigenvalue weighted by Gasteiger charge is -2.08. The number of aromatic nitrogens is 1. The Balaban J connectivity index is 2.43. The van der Waals surface area contributed by atoms with Crippen LogP contribution in [0.1, 0.15) is 24.0 Å². The lowest BCUT2D eigenvalue weighted by atomic mass is 10.2. The summed E-state index contributed by atoms with van der Waals surface area (Å²) in [6.45, 7) is 2.10. The third-order valence-electron chi connectivity index (χ3n) is 2.65. The summed E-state index contributed by atoms with van der Waals surface area (Å²) in [6.07, 6.45) is 3.63. The maximum absolute atomic E-state index is 11.7. The van der Waals surface area contributed by atoms with E-state index in [-0.39, 0.29) is 25.1 Å². The monoisotopic (exact) mass is 286 g/mol. The smallest absolute Gasteiger partial charge is 0.305 e. The van der Waals surface area contributed by atoms with Crippen LogP contribution < -0.4 is 4.72 Å². The maximum atomic E-state index is 11.7. The van der Waals surface area contributed by atoms with Crippen molar-refractivity contribution < 1.29 is 17.9 Å². The van der Waals surface area contributed by atoms with Crippen LogP contribution in [-0.2, 0) is 26.1 Å². The second kappa shape index (κ2) is 7.20. The minimum absolute atomic E-state index is 0.0958. The number of sulfonamides is 1. The number of nitrogens with zero attached hydrogens (tertiary/aromatic N) is 1. The molecule has 0 atom stereocenters. The average Bonchev–Trinajstić information content (AvgIpc) is 2.37. The van der Waals surface area contributed by atoms with Gasteiger partial charge in [0.1, 0.15) is 0 Å². The second-order valence-electron chi connectivity index (χ2n) is 4.12. The highest BCUT2D eigenvalue weighted by Crippen LogP contribution is 2.05. The molecule has 0 bridgehead atoms. The summed E-state index contributed by atoms with van der Waals surface area (Å²) in [5.41, 5.74) is 1.81. The van der Waals surface area contributed by atoms with Gasteiger partial charge in [-0.25, -0.2) is 13.1 Å². The van der Waals surface area contributed by atoms with E-state index < -0.39 is 16.0 Å². The molecule has 0 unspecified atom stereocenters. The first-order valence-corrected chi connectivity index (χ1v) is 7.53. The average molecular weight is 286 g/mol. The van der Waals surface area contributed by atoms with Crippen molar-refractivity contribution in [2.75, 3.05) is 12.9 Å². The lowest BCUT2D eigenvalue weighted by molar-refractivity contribution is -0.140. The Morgan fingerprint density at radius 1 is 1.47 bits per heavy atom. The van der Waals surface area contributed by atoms with Crippen molar-refractivity contribution in [1.29, 1.82) is 0 Å². The molecule has 0 aliphatic rings. The molecule has 0 amide bonds. The van der Waals surface area contributed by atoms with E-state index in [0.29, 0.717) is 0 Å². The van der Waals surface area contributed by atoms with Crippen LogP contribution in [0.3, 0.4) is 0 Å². The van der Waals surface area contributed by atoms with Gasteiger partial charge in [0, 0.05) is 25.4 Å². The second-order valence-corrected chi connectivity index (χ2v) is 6.05. The molecule has 6 nitrogen and oxygen atoms in total. The largest absolute Gasteiger partial charge is 0.469 e. The molecule has 1 aromatic heterocycles. The van der Waals surface area contributed by atoms with Crippen molar-refractivity contribution in [1.82, 2.24) is 9.71 Å². The predicted molar refractivity (Wildman–Crippen MR) is 70.9 cm³/mol. The quantitative estimate of drug-likeness (QED) is 0.748. The highest BCUT2D eigenvalue weighted by molar-refractivity contribution is 7.89. The standard InChI is InChI=1S/C12H18N2O4S/c1-10-5-6-13-8-11(10)9-14-19(16,17)7-3-4-12(15)18-2/h5-6,8,14H,3-4,7,9H2,1-2H3. The number of ether oxygens (including phenoxy) is 1. The van der Waals surface area contributed by atoms with Crippen molar-refractivity contribution in [3.63, 3.8) is 0 Å². The van der Waals surface area contributed by atoms with Crippen molar-refractivity contribution in [2.24, 2.45) is 0 Å². The zero-order valence-corrected chi connectivity index (χ0v) is 11.9. The Hall–Kier alpha value is -1.47. The van der Waals surface area contributed by atoms with E-state index >= 15 is 0 Å². The van der Waals surface area contributed by atoms with Crippen LogP contribution >= 0.6 is 0 Å². The van der Waals surface area contributed by atoms with Crippen molar-refractivity contribution in [2.45, 2.75) is 26.3 Å². The summed E-state index contributed by atoms with van der Waals surface area (Å²) in [5.74, 6) is -0.500. The number of esters is 1. The van der Waals surface area contributed by atoms with Gasteiger partial charge in [-0.2, -0.15) is 0 Å². The number of aryl methyl sites for hydroxylation is 1. The summed E-state index contributed by atoms with van der Waals surface area (Å²) in [4.78, 5) is 14.8. The number of hydrogen-bond acceptors (Lipinski definition) is 5. The third-order valence-corrected chi connectivity index (χ3v) is 4.06. The molecule has 0 saturated heterocycles. The van der Waals surface area contributed by atoms with Crippen LogP contribution in [0, 0.1) is 6.92 Å². The van der Waals surface area contributed by atoms with Gasteiger partial charge in [0.15, 0.2) is 0 Å². The van der Waals surface area contributed by atoms with Gasteiger partial charge in [-0.05, 0) is 30.5 Å². The molecule has 0 spiro atoms. The molecule has 1 rings (SSSR count). The third kappa shape index (κ3) is 5.80. The number of carbonyl (C=O) groups excluding carboxylic acids is 1. The SMILES string of the molecule is COC(=O)CCCS(=O)(=O)NCc1cnccc1C. The summed E-state index contributed by atoms with van der Waals surface area (Å²) < 4.78 is 30.3. The first-order valence-electron chi connectivity index (χ1n) is 5.88. The topological polar surface area (TPSA) is 85.4 Å². The molecule has 0 fully saturated rings. The van der Waals surface area contributed by atoms with Crippen LogP contribution in [0.4, 0.5) is 0 Å². The van der Waals surface area contributed by atoms with Gasteiger partial charge >= 0.3 is 5.97 Å². The molecule has 0 radical (unpaired) electrons. The molecule has 0 aromatic carbocycles. The van der Waals surface area contributed by atoms with Gasteiger partial charge in [0.25, 0.3) is 0 Å². The first kappa shape index (κ1) is 15.6. The van der Waals surface area contributed by atoms with E-state index in [1.165, 1.54) is 7.11 Å². The molecule has 0 aliphatic carbocycles. The molecule has 0 saturated carbocycles. The Kier molecular flexibility index (Phi) is 5.91. The molecular weight excluding hydrogens is 268 g/mol. The van der Waals surface area contributed by atoms with Gasteiger partial charge in [0.2, 0.25) is 10.0 Å². The van der Waals surface area contributed by atoms with Gasteiger partial charge in [-0.15, -0.1) is 0 Å². The number of methoxy groups -OCH3 is 1. The summed E-state index contributed by atoms with van der Waals surface area (Å²) in [5, 5.41) is 0. The first-order chi connectivity index (χ1) is 8.94. The molecule has 7 heteroatoms. The van der Waals surface area contributed by atoms with Crippen LogP contribution in [0.5, 0.6) is 0 Å². The van der Waals surface area contributed by atoms with Crippen LogP contribution in [-0.4, -0.2) is 32.2 Å². The zero-order valence-electron chi connectivity index (χ0n) is 11.0. The van der Waals surface area contributed by atoms with E-state index in [2.05, 4.69) is 14.4 Å². The normalized spacial score (nSPS) is 11.3. The Bertz CT molecular complexity index is 528. The Labute approximate surface area is 113 Å². The number of rotatable bonds is 7. The highest BCUT2D eigenvalue weighted by Gasteiger charge is 2.12. The fraction of sp³-hybridized carbons (Fsp3) is 0.500. The van der Waals surface area contributed by atoms with Gasteiger partial charge in [-0.1, -0.05) is 0 Å². The highest BCUT2D eigenvalue weighted by atomic mass is 32.2. The van der Waals surface area contributed by atoms with Gasteiger partial charge in [0.05, 0.1) is 12.9 Å². The van der Waals surface area contributed by atoms with Crippen molar-refractivity contribution in [3.8, 4) is 0 Å². The van der Waals surface area contributed by atoms with E-state index in [4.69, 9.17) is 0 Å². The van der Waals surface area contributed by atoms with Gasteiger partial charge < -0.3 is 4.74 Å². The molecule has 1 N–H and O–H groups in total. The van der Waals surface area contributed by atoms with Crippen molar-refractivity contribution >= 4 is 16.0 Å². The minimum atomic E-state index is -3.39. The summed E-state index contributed by atoms with van der Waals surface area (Å²) >= 11 is 0. The maximum Gasteiger partial charge on any atom is 0.305 e. The van der Waals surface area contributed by atoms with Crippen LogP contribution in [0.15, 0.2) is 18.5 Å². The predicted octanol–water partition coefficient (Wildman–Crippen LogP) is 0.763. The fourth-order valence-corrected chi connectivity index (χ4v) is 2.49. The van der Waals surface area contributed by atoms with E-state index in [1.807, 2.05) is 13.0 Å². The Morgan fingerprint density at radius 2 is 2.21 bits per heavy atom. The van der Waals surface area contributed by atoms with E-state index in [0.717, 1.165) is 11.1 Å². The fourth-order valence-electron chi connectivity index (χ4n) is 1.45. The van der Waals surface area contributed by atoms with Crippen molar-refractivity contribution in [3.05, 3.63) is 29.6 Å². The van der Waals surface area contributed by atoms with E-state index in [9.17, 15) is 13.2 Å². The molecule has 0 aliphatic heterocycles. The zero-order chi connectivity index (χ0) is 14.3. The molecule has 19 heavy (non-hydrogen) atoms. The number of carbonyl (C=O) groups is 1. The molecule has 1 aromatic rings.